The molecule has 2 aromatic heterocycles. The van der Waals surface area contributed by atoms with E-state index in [-0.39, 0.29) is 5.56 Å². The zero-order valence-corrected chi connectivity index (χ0v) is 21.5. The topological polar surface area (TPSA) is 96.9 Å². The highest BCUT2D eigenvalue weighted by molar-refractivity contribution is 7.17. The van der Waals surface area contributed by atoms with Crippen LogP contribution < -0.4 is 15.0 Å². The van der Waals surface area contributed by atoms with Crippen LogP contribution in [0.2, 0.25) is 0 Å². The standard InChI is InChI=1S/C26H35N3O5S/c1-4-34-15-19(30)13-29(18-8-6-5-7-9-18)14-23-27-25(31)24-20(16-35-26(24)28-23)17-10-11-21(32-2)22(12-17)33-3/h10-12,16,18-19,30H,4-9,13-15H2,1-3H3,(H,27,28,31)/t19-/m1/s1. The molecule has 0 amide bonds. The SMILES string of the molecule is CCOC[C@H](O)CN(Cc1nc2scc(-c3ccc(OC)c(OC)c3)c2c(=O)[nH]1)C1CCCCC1. The quantitative estimate of drug-likeness (QED) is 0.406. The van der Waals surface area contributed by atoms with Gasteiger partial charge in [0.1, 0.15) is 10.7 Å². The number of hydrogen-bond acceptors (Lipinski definition) is 8. The molecule has 4 rings (SSSR count). The molecular weight excluding hydrogens is 466 g/mol. The van der Waals surface area contributed by atoms with Crippen molar-refractivity contribution in [3.05, 3.63) is 39.8 Å². The van der Waals surface area contributed by atoms with Gasteiger partial charge in [0, 0.05) is 30.1 Å². The van der Waals surface area contributed by atoms with Crippen molar-refractivity contribution in [2.24, 2.45) is 0 Å². The predicted molar refractivity (Wildman–Crippen MR) is 139 cm³/mol. The van der Waals surface area contributed by atoms with Crippen LogP contribution in [-0.2, 0) is 11.3 Å². The van der Waals surface area contributed by atoms with E-state index in [0.717, 1.165) is 24.0 Å². The summed E-state index contributed by atoms with van der Waals surface area (Å²) >= 11 is 1.46. The van der Waals surface area contributed by atoms with Gasteiger partial charge < -0.3 is 24.3 Å². The number of nitrogens with zero attached hydrogens (tertiary/aromatic N) is 2. The summed E-state index contributed by atoms with van der Waals surface area (Å²) < 4.78 is 16.2. The summed E-state index contributed by atoms with van der Waals surface area (Å²) in [6.07, 6.45) is 5.23. The molecule has 0 aliphatic heterocycles. The largest absolute Gasteiger partial charge is 0.493 e. The second kappa shape index (κ2) is 12.0. The number of nitrogens with one attached hydrogen (secondary N) is 1. The van der Waals surface area contributed by atoms with Gasteiger partial charge in [-0.1, -0.05) is 25.3 Å². The monoisotopic (exact) mass is 501 g/mol. The Morgan fingerprint density at radius 3 is 2.69 bits per heavy atom. The molecule has 0 radical (unpaired) electrons. The fraction of sp³-hybridized carbons (Fsp3) is 0.538. The summed E-state index contributed by atoms with van der Waals surface area (Å²) in [6, 6.07) is 5.99. The molecule has 0 saturated heterocycles. The van der Waals surface area contributed by atoms with Crippen LogP contribution in [0.4, 0.5) is 0 Å². The summed E-state index contributed by atoms with van der Waals surface area (Å²) in [5.74, 6) is 1.87. The van der Waals surface area contributed by atoms with Crippen molar-refractivity contribution in [3.8, 4) is 22.6 Å². The summed E-state index contributed by atoms with van der Waals surface area (Å²) in [6.45, 7) is 3.79. The molecule has 0 bridgehead atoms. The Morgan fingerprint density at radius 1 is 1.20 bits per heavy atom. The third-order valence-electron chi connectivity index (χ3n) is 6.59. The van der Waals surface area contributed by atoms with Crippen molar-refractivity contribution in [1.82, 2.24) is 14.9 Å². The van der Waals surface area contributed by atoms with Crippen LogP contribution in [0.1, 0.15) is 44.9 Å². The molecule has 1 aliphatic carbocycles. The number of aromatic amines is 1. The minimum Gasteiger partial charge on any atom is -0.493 e. The summed E-state index contributed by atoms with van der Waals surface area (Å²) in [7, 11) is 3.19. The fourth-order valence-electron chi connectivity index (χ4n) is 4.84. The van der Waals surface area contributed by atoms with Gasteiger partial charge in [-0.25, -0.2) is 4.98 Å². The molecule has 1 aromatic carbocycles. The van der Waals surface area contributed by atoms with E-state index in [1.54, 1.807) is 14.2 Å². The van der Waals surface area contributed by atoms with Crippen molar-refractivity contribution in [2.45, 2.75) is 57.7 Å². The molecule has 1 aliphatic rings. The number of rotatable bonds is 11. The lowest BCUT2D eigenvalue weighted by molar-refractivity contribution is 0.00493. The van der Waals surface area contributed by atoms with Crippen LogP contribution >= 0.6 is 11.3 Å². The first-order valence-electron chi connectivity index (χ1n) is 12.3. The van der Waals surface area contributed by atoms with Crippen LogP contribution in [0.15, 0.2) is 28.4 Å². The van der Waals surface area contributed by atoms with Gasteiger partial charge in [-0.05, 0) is 37.5 Å². The fourth-order valence-corrected chi connectivity index (χ4v) is 5.81. The van der Waals surface area contributed by atoms with Crippen LogP contribution in [0.3, 0.4) is 0 Å². The molecule has 2 N–H and O–H groups in total. The van der Waals surface area contributed by atoms with E-state index in [9.17, 15) is 9.90 Å². The van der Waals surface area contributed by atoms with Crippen LogP contribution in [0.25, 0.3) is 21.3 Å². The first-order chi connectivity index (χ1) is 17.0. The molecule has 0 unspecified atom stereocenters. The lowest BCUT2D eigenvalue weighted by Crippen LogP contribution is -2.43. The van der Waals surface area contributed by atoms with Crippen molar-refractivity contribution in [3.63, 3.8) is 0 Å². The van der Waals surface area contributed by atoms with Crippen molar-refractivity contribution >= 4 is 21.6 Å². The van der Waals surface area contributed by atoms with Crippen molar-refractivity contribution in [1.29, 1.82) is 0 Å². The molecule has 1 atom stereocenters. The van der Waals surface area contributed by atoms with Gasteiger partial charge in [-0.2, -0.15) is 0 Å². The number of H-pyrrole nitrogens is 1. The molecular formula is C26H35N3O5S. The maximum Gasteiger partial charge on any atom is 0.260 e. The Bertz CT molecular complexity index is 1170. The molecule has 1 fully saturated rings. The molecule has 190 valence electrons. The number of aromatic nitrogens is 2. The Hall–Kier alpha value is -2.46. The minimum absolute atomic E-state index is 0.158. The van der Waals surface area contributed by atoms with Gasteiger partial charge in [0.2, 0.25) is 0 Å². The minimum atomic E-state index is -0.578. The van der Waals surface area contributed by atoms with Crippen molar-refractivity contribution < 1.29 is 19.3 Å². The van der Waals surface area contributed by atoms with Gasteiger partial charge in [-0.15, -0.1) is 11.3 Å². The Labute approximate surface area is 209 Å². The number of aliphatic hydroxyl groups excluding tert-OH is 1. The van der Waals surface area contributed by atoms with E-state index >= 15 is 0 Å². The van der Waals surface area contributed by atoms with E-state index in [4.69, 9.17) is 19.2 Å². The molecule has 3 aromatic rings. The number of fused-ring (bicyclic) bond motifs is 1. The highest BCUT2D eigenvalue weighted by Gasteiger charge is 2.25. The Morgan fingerprint density at radius 2 is 1.97 bits per heavy atom. The molecule has 8 nitrogen and oxygen atoms in total. The van der Waals surface area contributed by atoms with E-state index in [0.29, 0.717) is 59.9 Å². The van der Waals surface area contributed by atoms with Crippen LogP contribution in [0.5, 0.6) is 11.5 Å². The zero-order valence-electron chi connectivity index (χ0n) is 20.7. The van der Waals surface area contributed by atoms with Crippen LogP contribution in [0, 0.1) is 0 Å². The second-order valence-corrected chi connectivity index (χ2v) is 9.80. The lowest BCUT2D eigenvalue weighted by atomic mass is 9.94. The summed E-state index contributed by atoms with van der Waals surface area (Å²) in [5, 5.41) is 13.1. The number of methoxy groups -OCH3 is 2. The third-order valence-corrected chi connectivity index (χ3v) is 7.46. The molecule has 9 heteroatoms. The number of aliphatic hydroxyl groups is 1. The second-order valence-electron chi connectivity index (χ2n) is 8.95. The van der Waals surface area contributed by atoms with E-state index in [1.165, 1.54) is 30.6 Å². The number of ether oxygens (including phenoxy) is 3. The number of thiophene rings is 1. The molecule has 2 heterocycles. The number of benzene rings is 1. The first-order valence-corrected chi connectivity index (χ1v) is 13.1. The Balaban J connectivity index is 1.61. The highest BCUT2D eigenvalue weighted by atomic mass is 32.1. The van der Waals surface area contributed by atoms with Gasteiger partial charge >= 0.3 is 0 Å². The van der Waals surface area contributed by atoms with Gasteiger partial charge in [0.05, 0.1) is 38.9 Å². The average molecular weight is 502 g/mol. The smallest absolute Gasteiger partial charge is 0.260 e. The maximum atomic E-state index is 13.2. The maximum absolute atomic E-state index is 13.2. The average Bonchev–Trinajstić information content (AvgIpc) is 3.31. The van der Waals surface area contributed by atoms with E-state index < -0.39 is 6.10 Å². The van der Waals surface area contributed by atoms with Crippen molar-refractivity contribution in [2.75, 3.05) is 34.0 Å². The predicted octanol–water partition coefficient (Wildman–Crippen LogP) is 4.20. The lowest BCUT2D eigenvalue weighted by Gasteiger charge is -2.35. The van der Waals surface area contributed by atoms with E-state index in [2.05, 4.69) is 9.88 Å². The zero-order chi connectivity index (χ0) is 24.8. The highest BCUT2D eigenvalue weighted by Crippen LogP contribution is 2.36. The van der Waals surface area contributed by atoms with Crippen LogP contribution in [-0.4, -0.2) is 66.1 Å². The molecule has 35 heavy (non-hydrogen) atoms. The summed E-state index contributed by atoms with van der Waals surface area (Å²) in [5.41, 5.74) is 1.54. The third kappa shape index (κ3) is 6.03. The van der Waals surface area contributed by atoms with Gasteiger partial charge in [-0.3, -0.25) is 9.69 Å². The Kier molecular flexibility index (Phi) is 8.78. The van der Waals surface area contributed by atoms with E-state index in [1.807, 2.05) is 30.5 Å². The van der Waals surface area contributed by atoms with Gasteiger partial charge in [0.25, 0.3) is 5.56 Å². The van der Waals surface area contributed by atoms with Gasteiger partial charge in [0.15, 0.2) is 11.5 Å². The summed E-state index contributed by atoms with van der Waals surface area (Å²) in [4.78, 5) is 24.0. The molecule has 0 spiro atoms. The first kappa shape index (κ1) is 25.6. The molecule has 1 saturated carbocycles. The number of hydrogen-bond donors (Lipinski definition) is 2. The normalized spacial score (nSPS) is 15.6.